The number of aromatic nitrogens is 1. The lowest BCUT2D eigenvalue weighted by molar-refractivity contribution is -0.119. The van der Waals surface area contributed by atoms with Crippen LogP contribution in [-0.4, -0.2) is 37.6 Å². The van der Waals surface area contributed by atoms with Crippen molar-refractivity contribution in [2.24, 2.45) is 0 Å². The molecule has 0 saturated carbocycles. The van der Waals surface area contributed by atoms with Gasteiger partial charge in [0, 0.05) is 47.6 Å². The molecule has 2 N–H and O–H groups in total. The number of carbonyl (C=O) groups excluding carboxylic acids is 2. The van der Waals surface area contributed by atoms with E-state index in [-0.39, 0.29) is 17.9 Å². The van der Waals surface area contributed by atoms with Crippen LogP contribution in [0.25, 0.3) is 17.3 Å². The smallest absolute Gasteiger partial charge is 0.250 e. The first-order valence-electron chi connectivity index (χ1n) is 10.7. The molecule has 2 aromatic carbocycles. The first kappa shape index (κ1) is 23.3. The van der Waals surface area contributed by atoms with E-state index < -0.39 is 0 Å². The van der Waals surface area contributed by atoms with Crippen LogP contribution < -0.4 is 24.8 Å². The van der Waals surface area contributed by atoms with Crippen molar-refractivity contribution in [2.45, 2.75) is 19.4 Å². The Kier molecular flexibility index (Phi) is 7.12. The molecular weight excluding hydrogens is 454 g/mol. The minimum Gasteiger partial charge on any atom is -0.497 e. The van der Waals surface area contributed by atoms with Gasteiger partial charge in [-0.1, -0.05) is 0 Å². The standard InChI is InChI=1S/C25H25N3O5S/c1-15(29)26-20-10-11-33-22-8-5-17(12-19(20)22)21-14-34-25(27-21)28-24(30)9-6-16-4-7-18(31-2)13-23(16)32-3/h4-9,12-14,20H,10-11H2,1-3H3,(H,26,29)(H,27,28,30)/b9-6+. The van der Waals surface area contributed by atoms with E-state index in [9.17, 15) is 9.59 Å². The Hall–Kier alpha value is -3.85. The van der Waals surface area contributed by atoms with Gasteiger partial charge in [-0.05, 0) is 36.4 Å². The van der Waals surface area contributed by atoms with Crippen LogP contribution in [0.3, 0.4) is 0 Å². The molecule has 0 spiro atoms. The summed E-state index contributed by atoms with van der Waals surface area (Å²) >= 11 is 1.34. The zero-order valence-corrected chi connectivity index (χ0v) is 19.9. The Balaban J connectivity index is 1.46. The largest absolute Gasteiger partial charge is 0.497 e. The average molecular weight is 480 g/mol. The average Bonchev–Trinajstić information content (AvgIpc) is 3.30. The second-order valence-corrected chi connectivity index (χ2v) is 8.47. The van der Waals surface area contributed by atoms with Gasteiger partial charge in [0.15, 0.2) is 5.13 Å². The van der Waals surface area contributed by atoms with E-state index in [1.165, 1.54) is 24.3 Å². The second kappa shape index (κ2) is 10.4. The summed E-state index contributed by atoms with van der Waals surface area (Å²) in [6.45, 7) is 2.06. The Morgan fingerprint density at radius 3 is 2.79 bits per heavy atom. The molecule has 1 aliphatic rings. The van der Waals surface area contributed by atoms with Crippen molar-refractivity contribution in [3.8, 4) is 28.5 Å². The fraction of sp³-hybridized carbons (Fsp3) is 0.240. The fourth-order valence-corrected chi connectivity index (χ4v) is 4.40. The number of nitrogens with one attached hydrogen (secondary N) is 2. The van der Waals surface area contributed by atoms with Gasteiger partial charge in [-0.25, -0.2) is 4.98 Å². The van der Waals surface area contributed by atoms with Gasteiger partial charge in [0.25, 0.3) is 0 Å². The number of amides is 2. The van der Waals surface area contributed by atoms with Crippen LogP contribution in [0.5, 0.6) is 17.2 Å². The third kappa shape index (κ3) is 5.37. The van der Waals surface area contributed by atoms with E-state index in [1.54, 1.807) is 32.4 Å². The minimum atomic E-state index is -0.302. The van der Waals surface area contributed by atoms with Gasteiger partial charge in [0.1, 0.15) is 17.2 Å². The van der Waals surface area contributed by atoms with Crippen LogP contribution >= 0.6 is 11.3 Å². The first-order valence-corrected chi connectivity index (χ1v) is 11.6. The van der Waals surface area contributed by atoms with Crippen molar-refractivity contribution in [2.75, 3.05) is 26.1 Å². The number of fused-ring (bicyclic) bond motifs is 1. The Morgan fingerprint density at radius 2 is 2.03 bits per heavy atom. The van der Waals surface area contributed by atoms with Crippen molar-refractivity contribution in [3.05, 3.63) is 59.0 Å². The lowest BCUT2D eigenvalue weighted by Gasteiger charge is -2.26. The molecule has 34 heavy (non-hydrogen) atoms. The van der Waals surface area contributed by atoms with Crippen molar-refractivity contribution in [1.82, 2.24) is 10.3 Å². The topological polar surface area (TPSA) is 98.8 Å². The van der Waals surface area contributed by atoms with Crippen molar-refractivity contribution in [3.63, 3.8) is 0 Å². The number of benzene rings is 2. The van der Waals surface area contributed by atoms with E-state index in [2.05, 4.69) is 15.6 Å². The maximum atomic E-state index is 12.4. The van der Waals surface area contributed by atoms with Crippen LogP contribution in [0.15, 0.2) is 47.9 Å². The van der Waals surface area contributed by atoms with Crippen LogP contribution in [0.4, 0.5) is 5.13 Å². The number of hydrogen-bond donors (Lipinski definition) is 2. The molecule has 1 aromatic heterocycles. The van der Waals surface area contributed by atoms with Gasteiger partial charge in [-0.2, -0.15) is 0 Å². The van der Waals surface area contributed by atoms with Crippen LogP contribution in [0.1, 0.15) is 30.5 Å². The number of hydrogen-bond acceptors (Lipinski definition) is 7. The van der Waals surface area contributed by atoms with E-state index in [1.807, 2.05) is 29.6 Å². The van der Waals surface area contributed by atoms with E-state index >= 15 is 0 Å². The number of rotatable bonds is 7. The zero-order chi connectivity index (χ0) is 24.1. The molecule has 0 bridgehead atoms. The molecule has 1 aliphatic heterocycles. The number of methoxy groups -OCH3 is 2. The molecule has 1 atom stereocenters. The molecule has 0 aliphatic carbocycles. The Labute approximate surface area is 201 Å². The highest BCUT2D eigenvalue weighted by atomic mass is 32.1. The number of ether oxygens (including phenoxy) is 3. The Morgan fingerprint density at radius 1 is 1.18 bits per heavy atom. The SMILES string of the molecule is COc1ccc(/C=C/C(=O)Nc2nc(-c3ccc4c(c3)C(NC(C)=O)CCO4)cs2)c(OC)c1. The summed E-state index contributed by atoms with van der Waals surface area (Å²) in [5.74, 6) is 1.65. The molecular formula is C25H25N3O5S. The monoisotopic (exact) mass is 479 g/mol. The summed E-state index contributed by atoms with van der Waals surface area (Å²) in [6, 6.07) is 11.1. The van der Waals surface area contributed by atoms with Crippen molar-refractivity contribution in [1.29, 1.82) is 0 Å². The van der Waals surface area contributed by atoms with Gasteiger partial charge < -0.3 is 19.5 Å². The van der Waals surface area contributed by atoms with Gasteiger partial charge >= 0.3 is 0 Å². The number of thiazole rings is 1. The van der Waals surface area contributed by atoms with E-state index in [0.717, 1.165) is 28.1 Å². The molecule has 8 nitrogen and oxygen atoms in total. The summed E-state index contributed by atoms with van der Waals surface area (Å²) in [6.07, 6.45) is 3.81. The molecule has 176 valence electrons. The quantitative estimate of drug-likeness (QED) is 0.486. The van der Waals surface area contributed by atoms with Gasteiger partial charge in [0.2, 0.25) is 11.8 Å². The summed E-state index contributed by atoms with van der Waals surface area (Å²) in [5, 5.41) is 8.13. The minimum absolute atomic E-state index is 0.0813. The van der Waals surface area contributed by atoms with Crippen LogP contribution in [0, 0.1) is 0 Å². The molecule has 1 unspecified atom stereocenters. The van der Waals surface area contributed by atoms with E-state index in [4.69, 9.17) is 14.2 Å². The van der Waals surface area contributed by atoms with E-state index in [0.29, 0.717) is 29.7 Å². The fourth-order valence-electron chi connectivity index (χ4n) is 3.68. The first-order chi connectivity index (χ1) is 16.5. The van der Waals surface area contributed by atoms with Crippen LogP contribution in [0.2, 0.25) is 0 Å². The highest BCUT2D eigenvalue weighted by Crippen LogP contribution is 2.36. The van der Waals surface area contributed by atoms with Crippen molar-refractivity contribution >= 4 is 34.4 Å². The Bertz CT molecular complexity index is 1240. The number of anilines is 1. The van der Waals surface area contributed by atoms with Crippen LogP contribution in [-0.2, 0) is 9.59 Å². The molecule has 4 rings (SSSR count). The zero-order valence-electron chi connectivity index (χ0n) is 19.1. The molecule has 0 saturated heterocycles. The summed E-state index contributed by atoms with van der Waals surface area (Å²) < 4.78 is 16.3. The third-order valence-electron chi connectivity index (χ3n) is 5.31. The molecule has 0 radical (unpaired) electrons. The number of carbonyl (C=O) groups is 2. The number of nitrogens with zero attached hydrogens (tertiary/aromatic N) is 1. The van der Waals surface area contributed by atoms with Crippen molar-refractivity contribution < 1.29 is 23.8 Å². The third-order valence-corrected chi connectivity index (χ3v) is 6.07. The second-order valence-electron chi connectivity index (χ2n) is 7.61. The molecule has 3 aromatic rings. The molecule has 9 heteroatoms. The highest BCUT2D eigenvalue weighted by Gasteiger charge is 2.23. The van der Waals surface area contributed by atoms with Gasteiger partial charge in [0.05, 0.1) is 32.6 Å². The lowest BCUT2D eigenvalue weighted by Crippen LogP contribution is -2.30. The summed E-state index contributed by atoms with van der Waals surface area (Å²) in [4.78, 5) is 28.6. The van der Waals surface area contributed by atoms with Gasteiger partial charge in [-0.15, -0.1) is 11.3 Å². The predicted octanol–water partition coefficient (Wildman–Crippen LogP) is 4.44. The summed E-state index contributed by atoms with van der Waals surface area (Å²) in [7, 11) is 3.15. The molecule has 2 heterocycles. The normalized spacial score (nSPS) is 14.7. The van der Waals surface area contributed by atoms with Gasteiger partial charge in [-0.3, -0.25) is 14.9 Å². The molecule has 0 fully saturated rings. The molecule has 2 amide bonds. The lowest BCUT2D eigenvalue weighted by atomic mass is 9.97. The predicted molar refractivity (Wildman–Crippen MR) is 131 cm³/mol. The highest BCUT2D eigenvalue weighted by molar-refractivity contribution is 7.14. The maximum Gasteiger partial charge on any atom is 0.250 e. The summed E-state index contributed by atoms with van der Waals surface area (Å²) in [5.41, 5.74) is 3.29. The maximum absolute atomic E-state index is 12.4.